The van der Waals surface area contributed by atoms with Crippen molar-refractivity contribution >= 4 is 17.2 Å². The molecule has 0 aliphatic heterocycles. The molecule has 0 fully saturated rings. The number of nitrogens with one attached hydrogen (secondary N) is 1. The maximum Gasteiger partial charge on any atom is 0.227 e. The van der Waals surface area contributed by atoms with Crippen LogP contribution in [0.3, 0.4) is 0 Å². The molecular weight excluding hydrogens is 288 g/mol. The largest absolute Gasteiger partial charge is 0.441 e. The molecule has 2 rings (SSSR count). The van der Waals surface area contributed by atoms with Crippen LogP contribution in [0.2, 0.25) is 0 Å². The van der Waals surface area contributed by atoms with Gasteiger partial charge < -0.3 is 14.8 Å². The fourth-order valence-corrected chi connectivity index (χ4v) is 2.53. The lowest BCUT2D eigenvalue weighted by molar-refractivity contribution is -0.120. The fraction of sp³-hybridized carbons (Fsp3) is 0.467. The van der Waals surface area contributed by atoms with Crippen molar-refractivity contribution in [3.8, 4) is 11.5 Å². The number of rotatable bonds is 7. The van der Waals surface area contributed by atoms with Gasteiger partial charge in [-0.05, 0) is 31.2 Å². The lowest BCUT2D eigenvalue weighted by Crippen LogP contribution is -2.28. The highest BCUT2D eigenvalue weighted by Crippen LogP contribution is 2.23. The molecule has 0 saturated heterocycles. The molecule has 2 N–H and O–H groups in total. The summed E-state index contributed by atoms with van der Waals surface area (Å²) in [4.78, 5) is 16.2. The Kier molecular flexibility index (Phi) is 5.52. The molecule has 5 nitrogen and oxygen atoms in total. The van der Waals surface area contributed by atoms with Crippen LogP contribution in [0, 0.1) is 6.92 Å². The SMILES string of the molecule is CCC(O)CCNC(=O)Cc1nc(-c2ccsc2)oc1C. The quantitative estimate of drug-likeness (QED) is 0.824. The smallest absolute Gasteiger partial charge is 0.227 e. The van der Waals surface area contributed by atoms with Gasteiger partial charge >= 0.3 is 0 Å². The molecule has 0 bridgehead atoms. The van der Waals surface area contributed by atoms with Crippen molar-refractivity contribution in [2.45, 2.75) is 39.2 Å². The molecule has 1 atom stereocenters. The monoisotopic (exact) mass is 308 g/mol. The second-order valence-corrected chi connectivity index (χ2v) is 5.69. The Morgan fingerprint density at radius 1 is 1.57 bits per heavy atom. The van der Waals surface area contributed by atoms with Crippen LogP contribution in [-0.2, 0) is 11.2 Å². The molecule has 21 heavy (non-hydrogen) atoms. The molecular formula is C15H20N2O3S. The number of nitrogens with zero attached hydrogens (tertiary/aromatic N) is 1. The van der Waals surface area contributed by atoms with Crippen LogP contribution < -0.4 is 5.32 Å². The first-order valence-corrected chi connectivity index (χ1v) is 7.98. The van der Waals surface area contributed by atoms with Gasteiger partial charge in [-0.25, -0.2) is 4.98 Å². The average molecular weight is 308 g/mol. The molecule has 0 saturated carbocycles. The lowest BCUT2D eigenvalue weighted by atomic mass is 10.2. The number of oxazole rings is 1. The number of amides is 1. The molecule has 1 amide bonds. The molecule has 0 aliphatic carbocycles. The Hall–Kier alpha value is -1.66. The number of carbonyl (C=O) groups is 1. The van der Waals surface area contributed by atoms with Crippen LogP contribution in [0.5, 0.6) is 0 Å². The molecule has 6 heteroatoms. The highest BCUT2D eigenvalue weighted by Gasteiger charge is 2.14. The van der Waals surface area contributed by atoms with Crippen molar-refractivity contribution in [1.29, 1.82) is 0 Å². The van der Waals surface area contributed by atoms with Gasteiger partial charge in [-0.2, -0.15) is 11.3 Å². The molecule has 0 aromatic carbocycles. The van der Waals surface area contributed by atoms with Gasteiger partial charge in [0.05, 0.1) is 18.2 Å². The van der Waals surface area contributed by atoms with Crippen LogP contribution in [-0.4, -0.2) is 28.6 Å². The number of thiophene rings is 1. The zero-order chi connectivity index (χ0) is 15.2. The topological polar surface area (TPSA) is 75.4 Å². The normalized spacial score (nSPS) is 12.3. The highest BCUT2D eigenvalue weighted by molar-refractivity contribution is 7.08. The first kappa shape index (κ1) is 15.7. The average Bonchev–Trinajstić information content (AvgIpc) is 3.09. The predicted molar refractivity (Wildman–Crippen MR) is 82.2 cm³/mol. The summed E-state index contributed by atoms with van der Waals surface area (Å²) in [5, 5.41) is 16.1. The van der Waals surface area contributed by atoms with E-state index in [1.54, 1.807) is 11.3 Å². The van der Waals surface area contributed by atoms with E-state index in [2.05, 4.69) is 10.3 Å². The van der Waals surface area contributed by atoms with Crippen molar-refractivity contribution in [3.05, 3.63) is 28.3 Å². The number of aromatic nitrogens is 1. The summed E-state index contributed by atoms with van der Waals surface area (Å²) < 4.78 is 5.60. The summed E-state index contributed by atoms with van der Waals surface area (Å²) in [7, 11) is 0. The molecule has 2 aromatic heterocycles. The summed E-state index contributed by atoms with van der Waals surface area (Å²) in [5.74, 6) is 1.12. The summed E-state index contributed by atoms with van der Waals surface area (Å²) in [5.41, 5.74) is 1.59. The van der Waals surface area contributed by atoms with E-state index in [0.717, 1.165) is 5.56 Å². The molecule has 1 unspecified atom stereocenters. The van der Waals surface area contributed by atoms with Crippen molar-refractivity contribution in [1.82, 2.24) is 10.3 Å². The van der Waals surface area contributed by atoms with E-state index in [-0.39, 0.29) is 18.4 Å². The second kappa shape index (κ2) is 7.38. The summed E-state index contributed by atoms with van der Waals surface area (Å²) >= 11 is 1.58. The molecule has 0 aliphatic rings. The van der Waals surface area contributed by atoms with Gasteiger partial charge in [0.1, 0.15) is 5.76 Å². The Labute approximate surface area is 128 Å². The van der Waals surface area contributed by atoms with E-state index in [1.807, 2.05) is 30.7 Å². The Morgan fingerprint density at radius 2 is 2.38 bits per heavy atom. The van der Waals surface area contributed by atoms with E-state index in [1.165, 1.54) is 0 Å². The van der Waals surface area contributed by atoms with Gasteiger partial charge in [0.2, 0.25) is 11.8 Å². The molecule has 2 heterocycles. The predicted octanol–water partition coefficient (Wildman–Crippen LogP) is 2.53. The number of aliphatic hydroxyl groups is 1. The Bertz CT molecular complexity index is 578. The van der Waals surface area contributed by atoms with Gasteiger partial charge in [0.15, 0.2) is 0 Å². The molecule has 2 aromatic rings. The van der Waals surface area contributed by atoms with E-state index in [0.29, 0.717) is 36.7 Å². The van der Waals surface area contributed by atoms with E-state index < -0.39 is 0 Å². The van der Waals surface area contributed by atoms with Crippen LogP contribution in [0.1, 0.15) is 31.2 Å². The van der Waals surface area contributed by atoms with Crippen LogP contribution in [0.25, 0.3) is 11.5 Å². The Balaban J connectivity index is 1.89. The van der Waals surface area contributed by atoms with Crippen LogP contribution >= 0.6 is 11.3 Å². The fourth-order valence-electron chi connectivity index (χ4n) is 1.90. The number of aliphatic hydroxyl groups excluding tert-OH is 1. The molecule has 114 valence electrons. The second-order valence-electron chi connectivity index (χ2n) is 4.91. The lowest BCUT2D eigenvalue weighted by Gasteiger charge is -2.08. The minimum atomic E-state index is -0.357. The maximum absolute atomic E-state index is 11.9. The van der Waals surface area contributed by atoms with Gasteiger partial charge in [-0.15, -0.1) is 0 Å². The minimum absolute atomic E-state index is 0.105. The third kappa shape index (κ3) is 4.41. The van der Waals surface area contributed by atoms with Crippen molar-refractivity contribution < 1.29 is 14.3 Å². The third-order valence-corrected chi connectivity index (χ3v) is 3.94. The number of carbonyl (C=O) groups excluding carboxylic acids is 1. The summed E-state index contributed by atoms with van der Waals surface area (Å²) in [6, 6.07) is 1.94. The third-order valence-electron chi connectivity index (χ3n) is 3.26. The highest BCUT2D eigenvalue weighted by atomic mass is 32.1. The minimum Gasteiger partial charge on any atom is -0.441 e. The summed E-state index contributed by atoms with van der Waals surface area (Å²) in [6.07, 6.45) is 1.11. The van der Waals surface area contributed by atoms with Gasteiger partial charge in [0, 0.05) is 17.5 Å². The molecule has 0 radical (unpaired) electrons. The maximum atomic E-state index is 11.9. The van der Waals surface area contributed by atoms with E-state index in [9.17, 15) is 9.90 Å². The zero-order valence-corrected chi connectivity index (χ0v) is 13.1. The van der Waals surface area contributed by atoms with Crippen LogP contribution in [0.15, 0.2) is 21.2 Å². The standard InChI is InChI=1S/C15H20N2O3S/c1-3-12(18)4-6-16-14(19)8-13-10(2)20-15(17-13)11-5-7-21-9-11/h5,7,9,12,18H,3-4,6,8H2,1-2H3,(H,16,19). The van der Waals surface area contributed by atoms with E-state index >= 15 is 0 Å². The van der Waals surface area contributed by atoms with Gasteiger partial charge in [-0.3, -0.25) is 4.79 Å². The summed E-state index contributed by atoms with van der Waals surface area (Å²) in [6.45, 7) is 4.20. The molecule has 0 spiro atoms. The zero-order valence-electron chi connectivity index (χ0n) is 12.3. The van der Waals surface area contributed by atoms with Crippen molar-refractivity contribution in [2.24, 2.45) is 0 Å². The number of hydrogen-bond donors (Lipinski definition) is 2. The number of aryl methyl sites for hydroxylation is 1. The first-order chi connectivity index (χ1) is 10.1. The van der Waals surface area contributed by atoms with Gasteiger partial charge in [-0.1, -0.05) is 6.92 Å². The van der Waals surface area contributed by atoms with Crippen LogP contribution in [0.4, 0.5) is 0 Å². The van der Waals surface area contributed by atoms with Crippen molar-refractivity contribution in [2.75, 3.05) is 6.54 Å². The van der Waals surface area contributed by atoms with E-state index in [4.69, 9.17) is 4.42 Å². The van der Waals surface area contributed by atoms with Gasteiger partial charge in [0.25, 0.3) is 0 Å². The number of hydrogen-bond acceptors (Lipinski definition) is 5. The first-order valence-electron chi connectivity index (χ1n) is 7.03. The van der Waals surface area contributed by atoms with Crippen molar-refractivity contribution in [3.63, 3.8) is 0 Å². The Morgan fingerprint density at radius 3 is 3.05 bits per heavy atom.